The lowest BCUT2D eigenvalue weighted by Crippen LogP contribution is -2.47. The van der Waals surface area contributed by atoms with Crippen molar-refractivity contribution in [2.45, 2.75) is 33.1 Å². The van der Waals surface area contributed by atoms with E-state index in [4.69, 9.17) is 9.72 Å². The topological polar surface area (TPSA) is 90.6 Å². The standard InChI is InChI=1S/C31H39N5O3S/c1-3-5-23-40(37,38)34-26-13-15-27(16-14-26)39-22-21-35-17-19-36(20-18-35)29-8-6-7-28-30(29)33-31(32-28)25-11-9-24(4-2)10-12-25/h6-16,34H,3-5,17-23H2,1-2H3,(H,32,33). The summed E-state index contributed by atoms with van der Waals surface area (Å²) in [6.07, 6.45) is 2.53. The second-order valence-electron chi connectivity index (χ2n) is 10.3. The number of rotatable bonds is 12. The Bertz CT molecular complexity index is 1490. The number of aromatic nitrogens is 2. The van der Waals surface area contributed by atoms with Gasteiger partial charge in [-0.3, -0.25) is 9.62 Å². The zero-order valence-electron chi connectivity index (χ0n) is 23.4. The summed E-state index contributed by atoms with van der Waals surface area (Å²) >= 11 is 0. The smallest absolute Gasteiger partial charge is 0.232 e. The van der Waals surface area contributed by atoms with E-state index in [2.05, 4.69) is 68.9 Å². The van der Waals surface area contributed by atoms with Crippen molar-refractivity contribution in [3.05, 3.63) is 72.3 Å². The third-order valence-electron chi connectivity index (χ3n) is 7.41. The Morgan fingerprint density at radius 1 is 0.950 bits per heavy atom. The lowest BCUT2D eigenvalue weighted by Gasteiger charge is -2.36. The first-order valence-corrected chi connectivity index (χ1v) is 15.9. The minimum Gasteiger partial charge on any atom is -0.492 e. The number of piperazine rings is 1. The SMILES string of the molecule is CCCCS(=O)(=O)Nc1ccc(OCCN2CCN(c3cccc4[nH]c(-c5ccc(CC)cc5)nc34)CC2)cc1. The van der Waals surface area contributed by atoms with Crippen molar-refractivity contribution in [3.8, 4) is 17.1 Å². The molecule has 40 heavy (non-hydrogen) atoms. The summed E-state index contributed by atoms with van der Waals surface area (Å²) in [6, 6.07) is 22.1. The number of H-pyrrole nitrogens is 1. The molecule has 1 aliphatic heterocycles. The van der Waals surface area contributed by atoms with Crippen LogP contribution in [0.5, 0.6) is 5.75 Å². The molecule has 3 aromatic carbocycles. The summed E-state index contributed by atoms with van der Waals surface area (Å²) < 4.78 is 32.8. The second-order valence-corrected chi connectivity index (χ2v) is 12.1. The largest absolute Gasteiger partial charge is 0.492 e. The quantitative estimate of drug-likeness (QED) is 0.236. The highest BCUT2D eigenvalue weighted by Crippen LogP contribution is 2.29. The van der Waals surface area contributed by atoms with E-state index in [-0.39, 0.29) is 5.75 Å². The Morgan fingerprint density at radius 3 is 2.40 bits per heavy atom. The van der Waals surface area contributed by atoms with Gasteiger partial charge in [-0.1, -0.05) is 50.6 Å². The molecule has 0 spiro atoms. The van der Waals surface area contributed by atoms with Crippen molar-refractivity contribution in [1.82, 2.24) is 14.9 Å². The first-order chi connectivity index (χ1) is 19.4. The van der Waals surface area contributed by atoms with Crippen LogP contribution in [-0.4, -0.2) is 68.4 Å². The van der Waals surface area contributed by atoms with Gasteiger partial charge in [0.15, 0.2) is 0 Å². The molecule has 0 aliphatic carbocycles. The van der Waals surface area contributed by atoms with Gasteiger partial charge in [0.2, 0.25) is 10.0 Å². The Morgan fingerprint density at radius 2 is 1.70 bits per heavy atom. The molecule has 8 nitrogen and oxygen atoms in total. The van der Waals surface area contributed by atoms with E-state index < -0.39 is 10.0 Å². The van der Waals surface area contributed by atoms with E-state index in [1.165, 1.54) is 11.3 Å². The van der Waals surface area contributed by atoms with E-state index >= 15 is 0 Å². The van der Waals surface area contributed by atoms with Crippen LogP contribution >= 0.6 is 0 Å². The number of hydrogen-bond acceptors (Lipinski definition) is 6. The van der Waals surface area contributed by atoms with Crippen molar-refractivity contribution >= 4 is 32.4 Å². The molecule has 0 atom stereocenters. The fraction of sp³-hybridized carbons (Fsp3) is 0.387. The van der Waals surface area contributed by atoms with Gasteiger partial charge in [0.05, 0.1) is 17.0 Å². The van der Waals surface area contributed by atoms with E-state index in [0.717, 1.165) is 73.7 Å². The maximum atomic E-state index is 12.1. The molecule has 0 amide bonds. The predicted molar refractivity (Wildman–Crippen MR) is 164 cm³/mol. The van der Waals surface area contributed by atoms with Crippen LogP contribution in [0, 0.1) is 0 Å². The number of aromatic amines is 1. The minimum absolute atomic E-state index is 0.139. The number of nitrogens with one attached hydrogen (secondary N) is 2. The highest BCUT2D eigenvalue weighted by atomic mass is 32.2. The summed E-state index contributed by atoms with van der Waals surface area (Å²) in [5.74, 6) is 1.78. The Balaban J connectivity index is 1.12. The van der Waals surface area contributed by atoms with Crippen LogP contribution in [0.15, 0.2) is 66.7 Å². The molecule has 2 N–H and O–H groups in total. The van der Waals surface area contributed by atoms with Gasteiger partial charge in [0.25, 0.3) is 0 Å². The first-order valence-electron chi connectivity index (χ1n) is 14.2. The van der Waals surface area contributed by atoms with Gasteiger partial charge < -0.3 is 14.6 Å². The molecule has 1 saturated heterocycles. The van der Waals surface area contributed by atoms with Crippen molar-refractivity contribution in [3.63, 3.8) is 0 Å². The van der Waals surface area contributed by atoms with Gasteiger partial charge in [-0.25, -0.2) is 13.4 Å². The summed E-state index contributed by atoms with van der Waals surface area (Å²) in [7, 11) is -3.30. The third-order valence-corrected chi connectivity index (χ3v) is 8.78. The fourth-order valence-electron chi connectivity index (χ4n) is 5.00. The normalized spacial score (nSPS) is 14.5. The van der Waals surface area contributed by atoms with E-state index in [1.54, 1.807) is 12.1 Å². The van der Waals surface area contributed by atoms with E-state index in [9.17, 15) is 8.42 Å². The molecule has 2 heterocycles. The molecule has 9 heteroatoms. The highest BCUT2D eigenvalue weighted by Gasteiger charge is 2.20. The molecule has 0 radical (unpaired) electrons. The number of nitrogens with zero attached hydrogens (tertiary/aromatic N) is 3. The first kappa shape index (κ1) is 28.0. The van der Waals surface area contributed by atoms with Crippen molar-refractivity contribution in [2.24, 2.45) is 0 Å². The van der Waals surface area contributed by atoms with Crippen LogP contribution in [0.1, 0.15) is 32.3 Å². The van der Waals surface area contributed by atoms with Gasteiger partial charge >= 0.3 is 0 Å². The molecular formula is C31H39N5O3S. The Labute approximate surface area is 237 Å². The predicted octanol–water partition coefficient (Wildman–Crippen LogP) is 5.54. The van der Waals surface area contributed by atoms with Gasteiger partial charge in [0, 0.05) is 44.0 Å². The molecule has 212 valence electrons. The maximum Gasteiger partial charge on any atom is 0.232 e. The third kappa shape index (κ3) is 6.95. The van der Waals surface area contributed by atoms with Gasteiger partial charge in [-0.05, 0) is 54.8 Å². The number of hydrogen-bond donors (Lipinski definition) is 2. The number of sulfonamides is 1. The number of benzene rings is 3. The summed E-state index contributed by atoms with van der Waals surface area (Å²) in [4.78, 5) is 13.3. The Kier molecular flexibility index (Phi) is 8.91. The minimum atomic E-state index is -3.30. The maximum absolute atomic E-state index is 12.1. The molecule has 1 fully saturated rings. The summed E-state index contributed by atoms with van der Waals surface area (Å²) in [5, 5.41) is 0. The lowest BCUT2D eigenvalue weighted by atomic mass is 10.1. The van der Waals surface area contributed by atoms with Crippen molar-refractivity contribution in [2.75, 3.05) is 54.7 Å². The second kappa shape index (κ2) is 12.7. The number of para-hydroxylation sites is 1. The number of aryl methyl sites for hydroxylation is 1. The van der Waals surface area contributed by atoms with Crippen LogP contribution in [0.25, 0.3) is 22.4 Å². The van der Waals surface area contributed by atoms with Crippen molar-refractivity contribution in [1.29, 1.82) is 0 Å². The van der Waals surface area contributed by atoms with Crippen LogP contribution in [0.2, 0.25) is 0 Å². The molecule has 4 aromatic rings. The molecule has 0 unspecified atom stereocenters. The lowest BCUT2D eigenvalue weighted by molar-refractivity contribution is 0.200. The average molecular weight is 562 g/mol. The number of imidazole rings is 1. The molecule has 0 bridgehead atoms. The number of anilines is 2. The summed E-state index contributed by atoms with van der Waals surface area (Å²) in [5.41, 5.74) is 6.24. The molecule has 1 aliphatic rings. The average Bonchev–Trinajstić information content (AvgIpc) is 3.42. The van der Waals surface area contributed by atoms with Gasteiger partial charge in [-0.2, -0.15) is 0 Å². The molecular weight excluding hydrogens is 522 g/mol. The van der Waals surface area contributed by atoms with E-state index in [1.807, 2.05) is 19.1 Å². The highest BCUT2D eigenvalue weighted by molar-refractivity contribution is 7.92. The van der Waals surface area contributed by atoms with E-state index in [0.29, 0.717) is 18.7 Å². The molecule has 1 aromatic heterocycles. The van der Waals surface area contributed by atoms with Crippen LogP contribution in [0.3, 0.4) is 0 Å². The molecule has 0 saturated carbocycles. The van der Waals surface area contributed by atoms with Gasteiger partial charge in [0.1, 0.15) is 23.7 Å². The zero-order valence-corrected chi connectivity index (χ0v) is 24.2. The number of ether oxygens (including phenoxy) is 1. The monoisotopic (exact) mass is 561 g/mol. The van der Waals surface area contributed by atoms with Crippen molar-refractivity contribution < 1.29 is 13.2 Å². The number of unbranched alkanes of at least 4 members (excludes halogenated alkanes) is 1. The fourth-order valence-corrected chi connectivity index (χ4v) is 6.26. The van der Waals surface area contributed by atoms with Crippen LogP contribution < -0.4 is 14.4 Å². The zero-order chi connectivity index (χ0) is 28.0. The Hall–Kier alpha value is -3.56. The van der Waals surface area contributed by atoms with Crippen LogP contribution in [-0.2, 0) is 16.4 Å². The summed E-state index contributed by atoms with van der Waals surface area (Å²) in [6.45, 7) is 9.33. The van der Waals surface area contributed by atoms with Gasteiger partial charge in [-0.15, -0.1) is 0 Å². The van der Waals surface area contributed by atoms with Crippen LogP contribution in [0.4, 0.5) is 11.4 Å². The number of fused-ring (bicyclic) bond motifs is 1. The molecule has 5 rings (SSSR count).